The van der Waals surface area contributed by atoms with E-state index in [1.807, 2.05) is 6.92 Å². The molecular weight excluding hydrogens is 618 g/mol. The van der Waals surface area contributed by atoms with Gasteiger partial charge in [-0.1, -0.05) is 5.16 Å². The predicted octanol–water partition coefficient (Wildman–Crippen LogP) is 1.52. The van der Waals surface area contributed by atoms with Crippen LogP contribution in [0.4, 0.5) is 9.93 Å². The second-order valence-corrected chi connectivity index (χ2v) is 14.0. The number of amides is 3. The molecule has 3 atom stereocenters. The summed E-state index contributed by atoms with van der Waals surface area (Å²) in [5.74, 6) is -2.85. The van der Waals surface area contributed by atoms with Crippen LogP contribution in [0.3, 0.4) is 0 Å². The Bertz CT molecular complexity index is 1330. The van der Waals surface area contributed by atoms with Crippen LogP contribution in [0.25, 0.3) is 0 Å². The van der Waals surface area contributed by atoms with Crippen LogP contribution < -0.4 is 16.4 Å². The van der Waals surface area contributed by atoms with Crippen molar-refractivity contribution < 1.29 is 43.0 Å². The number of carbonyl (C=O) groups is 5. The number of esters is 2. The molecule has 4 N–H and O–H groups in total. The molecule has 0 radical (unpaired) electrons. The van der Waals surface area contributed by atoms with Crippen LogP contribution >= 0.6 is 23.3 Å². The van der Waals surface area contributed by atoms with Crippen LogP contribution in [0, 0.1) is 5.41 Å². The van der Waals surface area contributed by atoms with Crippen LogP contribution in [-0.2, 0) is 38.2 Å². The molecule has 16 nitrogen and oxygen atoms in total. The smallest absolute Gasteiger partial charge is 0.407 e. The van der Waals surface area contributed by atoms with Crippen molar-refractivity contribution in [2.75, 3.05) is 25.7 Å². The highest BCUT2D eigenvalue weighted by Crippen LogP contribution is 2.41. The van der Waals surface area contributed by atoms with Gasteiger partial charge in [-0.3, -0.25) is 19.3 Å². The number of β-lactam (4-membered cyclic amide) rings is 1. The standard InChI is InChI=1S/C26H37N7O9S2/c1-13-11-14(21(36)39-12-40-22(37)25(2,3)4)33-19(35)16(20(33)43-13)29-18(34)15(17-30-23(27)44-32-17)31-41-10-8-9-28-24(38)42-26(5,6)7/h11,13,16,20H,8-10,12H2,1-7H3,(H,28,38)(H,29,34)(H2,27,30,32)/b31-15+. The molecule has 3 unspecified atom stereocenters. The molecule has 0 aromatic carbocycles. The SMILES string of the molecule is CC1C=C(C(=O)OCOC(=O)C(C)(C)C)N2C(=O)C(NC(=O)/C(=N/OCCCNC(=O)OC(C)(C)C)c3nsc(N)n3)C2S1. The van der Waals surface area contributed by atoms with Gasteiger partial charge in [-0.15, -0.1) is 11.8 Å². The maximum Gasteiger partial charge on any atom is 0.407 e. The van der Waals surface area contributed by atoms with Crippen molar-refractivity contribution in [3.8, 4) is 0 Å². The number of nitrogens with zero attached hydrogens (tertiary/aromatic N) is 4. The molecule has 1 aromatic rings. The summed E-state index contributed by atoms with van der Waals surface area (Å²) in [7, 11) is 0. The average Bonchev–Trinajstić information content (AvgIpc) is 3.34. The Morgan fingerprint density at radius 3 is 2.45 bits per heavy atom. The quantitative estimate of drug-likeness (QED) is 0.0771. The summed E-state index contributed by atoms with van der Waals surface area (Å²) >= 11 is 2.19. The minimum absolute atomic E-state index is 0.0188. The molecule has 0 bridgehead atoms. The summed E-state index contributed by atoms with van der Waals surface area (Å²) in [5, 5.41) is 8.32. The van der Waals surface area contributed by atoms with Gasteiger partial charge in [-0.2, -0.15) is 9.36 Å². The zero-order valence-electron chi connectivity index (χ0n) is 25.5. The van der Waals surface area contributed by atoms with Crippen molar-refractivity contribution in [3.63, 3.8) is 0 Å². The van der Waals surface area contributed by atoms with E-state index in [0.717, 1.165) is 11.5 Å². The first-order chi connectivity index (χ1) is 20.5. The van der Waals surface area contributed by atoms with E-state index >= 15 is 0 Å². The Hall–Kier alpha value is -3.93. The van der Waals surface area contributed by atoms with E-state index in [2.05, 4.69) is 25.1 Å². The molecule has 2 aliphatic heterocycles. The summed E-state index contributed by atoms with van der Waals surface area (Å²) in [4.78, 5) is 73.3. The molecule has 1 fully saturated rings. The minimum Gasteiger partial charge on any atom is -0.444 e. The Kier molecular flexibility index (Phi) is 11.2. The molecule has 242 valence electrons. The first kappa shape index (κ1) is 34.6. The first-order valence-corrected chi connectivity index (χ1v) is 15.3. The van der Waals surface area contributed by atoms with Gasteiger partial charge in [0.2, 0.25) is 18.3 Å². The number of hydrogen-bond acceptors (Lipinski definition) is 15. The van der Waals surface area contributed by atoms with Gasteiger partial charge in [-0.25, -0.2) is 9.59 Å². The lowest BCUT2D eigenvalue weighted by Gasteiger charge is -2.49. The summed E-state index contributed by atoms with van der Waals surface area (Å²) in [6, 6.07) is -1.01. The minimum atomic E-state index is -1.01. The number of rotatable bonds is 11. The summed E-state index contributed by atoms with van der Waals surface area (Å²) in [6.45, 7) is 11.7. The molecule has 18 heteroatoms. The van der Waals surface area contributed by atoms with Gasteiger partial charge in [0, 0.05) is 29.7 Å². The van der Waals surface area contributed by atoms with Crippen LogP contribution in [0.1, 0.15) is 60.7 Å². The number of hydrogen-bond donors (Lipinski definition) is 3. The van der Waals surface area contributed by atoms with E-state index in [4.69, 9.17) is 24.8 Å². The molecule has 0 spiro atoms. The molecule has 0 saturated carbocycles. The number of thioether (sulfide) groups is 1. The predicted molar refractivity (Wildman–Crippen MR) is 160 cm³/mol. The fraction of sp³-hybridized carbons (Fsp3) is 0.615. The van der Waals surface area contributed by atoms with E-state index in [1.54, 1.807) is 47.6 Å². The molecule has 3 rings (SSSR count). The number of aromatic nitrogens is 2. The maximum absolute atomic E-state index is 13.3. The van der Waals surface area contributed by atoms with Gasteiger partial charge >= 0.3 is 18.0 Å². The highest BCUT2D eigenvalue weighted by atomic mass is 32.2. The second kappa shape index (κ2) is 14.2. The third-order valence-corrected chi connectivity index (χ3v) is 7.51. The van der Waals surface area contributed by atoms with Crippen LogP contribution in [0.2, 0.25) is 0 Å². The molecular formula is C26H37N7O9S2. The number of alkyl carbamates (subject to hydrolysis) is 1. The lowest BCUT2D eigenvalue weighted by atomic mass is 9.98. The van der Waals surface area contributed by atoms with Gasteiger partial charge in [0.15, 0.2) is 5.13 Å². The van der Waals surface area contributed by atoms with Crippen LogP contribution in [-0.4, -0.2) is 92.0 Å². The van der Waals surface area contributed by atoms with E-state index in [9.17, 15) is 24.0 Å². The lowest BCUT2D eigenvalue weighted by molar-refractivity contribution is -0.173. The lowest BCUT2D eigenvalue weighted by Crippen LogP contribution is -2.71. The fourth-order valence-corrected chi connectivity index (χ4v) is 5.39. The Morgan fingerprint density at radius 2 is 1.84 bits per heavy atom. The maximum atomic E-state index is 13.3. The van der Waals surface area contributed by atoms with Crippen molar-refractivity contribution in [1.29, 1.82) is 0 Å². The number of nitrogens with two attached hydrogens (primary N) is 1. The third-order valence-electron chi connectivity index (χ3n) is 5.64. The number of anilines is 1. The number of fused-ring (bicyclic) bond motifs is 1. The number of nitrogens with one attached hydrogen (secondary N) is 2. The number of oxime groups is 1. The van der Waals surface area contributed by atoms with Gasteiger partial charge in [-0.05, 0) is 54.5 Å². The van der Waals surface area contributed by atoms with Crippen molar-refractivity contribution in [1.82, 2.24) is 24.9 Å². The van der Waals surface area contributed by atoms with Gasteiger partial charge in [0.1, 0.15) is 29.3 Å². The first-order valence-electron chi connectivity index (χ1n) is 13.6. The molecule has 1 aromatic heterocycles. The molecule has 2 aliphatic rings. The molecule has 3 heterocycles. The Morgan fingerprint density at radius 1 is 1.14 bits per heavy atom. The normalized spacial score (nSPS) is 20.0. The second-order valence-electron chi connectivity index (χ2n) is 11.7. The van der Waals surface area contributed by atoms with E-state index < -0.39 is 59.1 Å². The van der Waals surface area contributed by atoms with Crippen molar-refractivity contribution >= 4 is 64.0 Å². The molecule has 1 saturated heterocycles. The number of carbonyl (C=O) groups excluding carboxylic acids is 5. The topological polar surface area (TPSA) is 214 Å². The van der Waals surface area contributed by atoms with Crippen molar-refractivity contribution in [3.05, 3.63) is 17.6 Å². The van der Waals surface area contributed by atoms with Gasteiger partial charge in [0.05, 0.1) is 5.41 Å². The van der Waals surface area contributed by atoms with Crippen molar-refractivity contribution in [2.45, 2.75) is 77.2 Å². The monoisotopic (exact) mass is 655 g/mol. The molecule has 0 aliphatic carbocycles. The highest BCUT2D eigenvalue weighted by molar-refractivity contribution is 8.00. The van der Waals surface area contributed by atoms with E-state index in [-0.39, 0.29) is 40.8 Å². The largest absolute Gasteiger partial charge is 0.444 e. The summed E-state index contributed by atoms with van der Waals surface area (Å²) in [5.41, 5.74) is 3.94. The van der Waals surface area contributed by atoms with Gasteiger partial charge in [0.25, 0.3) is 11.8 Å². The zero-order chi connectivity index (χ0) is 32.8. The van der Waals surface area contributed by atoms with E-state index in [1.165, 1.54) is 16.7 Å². The highest BCUT2D eigenvalue weighted by Gasteiger charge is 2.54. The van der Waals surface area contributed by atoms with Crippen LogP contribution in [0.5, 0.6) is 0 Å². The third kappa shape index (κ3) is 9.28. The van der Waals surface area contributed by atoms with Crippen LogP contribution in [0.15, 0.2) is 16.9 Å². The Labute approximate surface area is 262 Å². The molecule has 44 heavy (non-hydrogen) atoms. The number of nitrogen functional groups attached to an aromatic ring is 1. The molecule has 3 amide bonds. The summed E-state index contributed by atoms with van der Waals surface area (Å²) in [6.07, 6.45) is 1.33. The average molecular weight is 656 g/mol. The fourth-order valence-electron chi connectivity index (χ4n) is 3.62. The van der Waals surface area contributed by atoms with E-state index in [0.29, 0.717) is 6.42 Å². The summed E-state index contributed by atoms with van der Waals surface area (Å²) < 4.78 is 19.2. The zero-order valence-corrected chi connectivity index (χ0v) is 27.1. The Balaban J connectivity index is 1.60. The van der Waals surface area contributed by atoms with Crippen molar-refractivity contribution in [2.24, 2.45) is 10.6 Å². The van der Waals surface area contributed by atoms with Gasteiger partial charge < -0.3 is 35.4 Å². The number of ether oxygens (including phenoxy) is 3.